The molecule has 1 rings (SSSR count). The van der Waals surface area contributed by atoms with E-state index in [0.717, 1.165) is 19.4 Å². The number of benzene rings is 1. The fourth-order valence-corrected chi connectivity index (χ4v) is 1.85. The number of rotatable bonds is 2. The van der Waals surface area contributed by atoms with Gasteiger partial charge in [0.05, 0.1) is 7.11 Å². The molecule has 4 nitrogen and oxygen atoms in total. The first-order valence-electron chi connectivity index (χ1n) is 4.05. The Hall–Kier alpha value is -1.50. The lowest BCUT2D eigenvalue weighted by Gasteiger charge is -2.06. The third-order valence-electron chi connectivity index (χ3n) is 1.84. The maximum atomic E-state index is 13.5. The minimum atomic E-state index is -3.86. The van der Waals surface area contributed by atoms with Crippen LogP contribution in [0, 0.1) is 11.6 Å². The topological polar surface area (TPSA) is 60.4 Å². The SMILES string of the molecule is COC(=O)c1c(F)ccc(S(C)(=O)=O)c1F. The van der Waals surface area contributed by atoms with Crippen LogP contribution in [0.25, 0.3) is 0 Å². The van der Waals surface area contributed by atoms with Crippen LogP contribution in [0.2, 0.25) is 0 Å². The van der Waals surface area contributed by atoms with Gasteiger partial charge in [0.2, 0.25) is 0 Å². The lowest BCUT2D eigenvalue weighted by Crippen LogP contribution is -2.12. The first kappa shape index (κ1) is 12.6. The number of esters is 1. The highest BCUT2D eigenvalue weighted by Crippen LogP contribution is 2.21. The van der Waals surface area contributed by atoms with Crippen LogP contribution >= 0.6 is 0 Å². The monoisotopic (exact) mass is 250 g/mol. The van der Waals surface area contributed by atoms with Crippen LogP contribution in [0.5, 0.6) is 0 Å². The summed E-state index contributed by atoms with van der Waals surface area (Å²) in [6.45, 7) is 0. The van der Waals surface area contributed by atoms with Crippen LogP contribution < -0.4 is 0 Å². The van der Waals surface area contributed by atoms with Crippen molar-refractivity contribution in [2.75, 3.05) is 13.4 Å². The highest BCUT2D eigenvalue weighted by atomic mass is 32.2. The van der Waals surface area contributed by atoms with Gasteiger partial charge in [-0.15, -0.1) is 0 Å². The maximum Gasteiger partial charge on any atom is 0.343 e. The Morgan fingerprint density at radius 1 is 1.31 bits per heavy atom. The zero-order valence-electron chi connectivity index (χ0n) is 8.45. The van der Waals surface area contributed by atoms with E-state index >= 15 is 0 Å². The Balaban J connectivity index is 3.57. The second-order valence-electron chi connectivity index (χ2n) is 3.00. The van der Waals surface area contributed by atoms with Crippen molar-refractivity contribution in [3.05, 3.63) is 29.3 Å². The van der Waals surface area contributed by atoms with Crippen LogP contribution in [-0.2, 0) is 14.6 Å². The summed E-state index contributed by atoms with van der Waals surface area (Å²) in [4.78, 5) is 10.3. The van der Waals surface area contributed by atoms with E-state index in [4.69, 9.17) is 0 Å². The van der Waals surface area contributed by atoms with Crippen molar-refractivity contribution in [2.24, 2.45) is 0 Å². The molecule has 1 aromatic carbocycles. The molecule has 0 spiro atoms. The van der Waals surface area contributed by atoms with Gasteiger partial charge in [0.25, 0.3) is 0 Å². The van der Waals surface area contributed by atoms with Gasteiger partial charge in [-0.3, -0.25) is 0 Å². The molecular weight excluding hydrogens is 242 g/mol. The largest absolute Gasteiger partial charge is 0.465 e. The first-order chi connectivity index (χ1) is 7.29. The molecule has 0 atom stereocenters. The molecule has 0 amide bonds. The van der Waals surface area contributed by atoms with E-state index in [2.05, 4.69) is 4.74 Å². The number of hydrogen-bond donors (Lipinski definition) is 0. The Bertz CT molecular complexity index is 537. The molecule has 0 unspecified atom stereocenters. The molecule has 0 aliphatic carbocycles. The van der Waals surface area contributed by atoms with Gasteiger partial charge >= 0.3 is 5.97 Å². The van der Waals surface area contributed by atoms with Crippen LogP contribution in [0.1, 0.15) is 10.4 Å². The van der Waals surface area contributed by atoms with Crippen LogP contribution in [0.15, 0.2) is 17.0 Å². The second kappa shape index (κ2) is 4.17. The Morgan fingerprint density at radius 2 is 1.88 bits per heavy atom. The number of carbonyl (C=O) groups is 1. The lowest BCUT2D eigenvalue weighted by molar-refractivity contribution is 0.0589. The van der Waals surface area contributed by atoms with Crippen LogP contribution in [0.4, 0.5) is 8.78 Å². The molecule has 0 bridgehead atoms. The fraction of sp³-hybridized carbons (Fsp3) is 0.222. The maximum absolute atomic E-state index is 13.5. The fourth-order valence-electron chi connectivity index (χ4n) is 1.11. The molecule has 16 heavy (non-hydrogen) atoms. The average molecular weight is 250 g/mol. The number of hydrogen-bond acceptors (Lipinski definition) is 4. The van der Waals surface area contributed by atoms with E-state index in [-0.39, 0.29) is 0 Å². The van der Waals surface area contributed by atoms with Crippen molar-refractivity contribution >= 4 is 15.8 Å². The van der Waals surface area contributed by atoms with Gasteiger partial charge in [-0.25, -0.2) is 22.0 Å². The number of sulfone groups is 1. The van der Waals surface area contributed by atoms with Crippen molar-refractivity contribution in [2.45, 2.75) is 4.90 Å². The van der Waals surface area contributed by atoms with Gasteiger partial charge in [-0.2, -0.15) is 0 Å². The van der Waals surface area contributed by atoms with Crippen LogP contribution in [0.3, 0.4) is 0 Å². The molecule has 88 valence electrons. The molecule has 0 aliphatic heterocycles. The van der Waals surface area contributed by atoms with E-state index in [1.807, 2.05) is 0 Å². The Morgan fingerprint density at radius 3 is 2.31 bits per heavy atom. The summed E-state index contributed by atoms with van der Waals surface area (Å²) in [5.41, 5.74) is -1.01. The van der Waals surface area contributed by atoms with Crippen molar-refractivity contribution in [1.29, 1.82) is 0 Å². The average Bonchev–Trinajstić information content (AvgIpc) is 2.15. The summed E-state index contributed by atoms with van der Waals surface area (Å²) in [5, 5.41) is 0. The Labute approximate surface area is 90.8 Å². The van der Waals surface area contributed by atoms with E-state index in [1.165, 1.54) is 0 Å². The van der Waals surface area contributed by atoms with E-state index in [9.17, 15) is 22.0 Å². The molecule has 0 aromatic heterocycles. The summed E-state index contributed by atoms with van der Waals surface area (Å²) in [7, 11) is -2.93. The van der Waals surface area contributed by atoms with E-state index in [0.29, 0.717) is 6.07 Å². The zero-order valence-corrected chi connectivity index (χ0v) is 9.27. The summed E-state index contributed by atoms with van der Waals surface area (Å²) >= 11 is 0. The standard InChI is InChI=1S/C9H8F2O4S/c1-15-9(12)7-5(10)3-4-6(8(7)11)16(2,13)14/h3-4H,1-2H3. The summed E-state index contributed by atoms with van der Waals surface area (Å²) in [6, 6.07) is 1.46. The van der Waals surface area contributed by atoms with Gasteiger partial charge in [-0.1, -0.05) is 0 Å². The third kappa shape index (κ3) is 2.19. The van der Waals surface area contributed by atoms with Gasteiger partial charge < -0.3 is 4.74 Å². The van der Waals surface area contributed by atoms with Crippen molar-refractivity contribution in [1.82, 2.24) is 0 Å². The van der Waals surface area contributed by atoms with Crippen molar-refractivity contribution < 1.29 is 26.7 Å². The molecule has 0 N–H and O–H groups in total. The highest BCUT2D eigenvalue weighted by molar-refractivity contribution is 7.90. The van der Waals surface area contributed by atoms with Gasteiger partial charge in [-0.05, 0) is 12.1 Å². The second-order valence-corrected chi connectivity index (χ2v) is 4.98. The normalized spacial score (nSPS) is 11.2. The number of ether oxygens (including phenoxy) is 1. The molecule has 0 radical (unpaired) electrons. The summed E-state index contributed by atoms with van der Waals surface area (Å²) < 4.78 is 53.0. The number of halogens is 2. The number of carbonyl (C=O) groups excluding carboxylic acids is 1. The number of methoxy groups -OCH3 is 1. The molecule has 0 aliphatic rings. The Kier molecular flexibility index (Phi) is 3.27. The molecule has 7 heteroatoms. The summed E-state index contributed by atoms with van der Waals surface area (Å²) in [6.07, 6.45) is 0.754. The quantitative estimate of drug-likeness (QED) is 0.583. The molecule has 0 saturated heterocycles. The zero-order chi connectivity index (χ0) is 12.5. The van der Waals surface area contributed by atoms with Gasteiger partial charge in [0, 0.05) is 6.26 Å². The highest BCUT2D eigenvalue weighted by Gasteiger charge is 2.25. The minimum Gasteiger partial charge on any atom is -0.465 e. The minimum absolute atomic E-state index is 0.700. The smallest absolute Gasteiger partial charge is 0.343 e. The lowest BCUT2D eigenvalue weighted by atomic mass is 10.2. The molecule has 0 fully saturated rings. The summed E-state index contributed by atoms with van der Waals surface area (Å²) in [5.74, 6) is -3.87. The van der Waals surface area contributed by atoms with Crippen LogP contribution in [-0.4, -0.2) is 27.8 Å². The van der Waals surface area contributed by atoms with E-state index in [1.54, 1.807) is 0 Å². The molecule has 1 aromatic rings. The van der Waals surface area contributed by atoms with E-state index < -0.39 is 37.9 Å². The van der Waals surface area contributed by atoms with Gasteiger partial charge in [0.1, 0.15) is 16.3 Å². The van der Waals surface area contributed by atoms with Crippen molar-refractivity contribution in [3.63, 3.8) is 0 Å². The predicted molar refractivity (Wildman–Crippen MR) is 50.8 cm³/mol. The molecule has 0 heterocycles. The third-order valence-corrected chi connectivity index (χ3v) is 2.96. The molecule has 0 saturated carbocycles. The predicted octanol–water partition coefficient (Wildman–Crippen LogP) is 1.15. The van der Waals surface area contributed by atoms with Crippen molar-refractivity contribution in [3.8, 4) is 0 Å². The van der Waals surface area contributed by atoms with Gasteiger partial charge in [0.15, 0.2) is 15.7 Å². The molecular formula is C9H8F2O4S. The first-order valence-corrected chi connectivity index (χ1v) is 5.94.